The van der Waals surface area contributed by atoms with Crippen molar-refractivity contribution in [3.8, 4) is 0 Å². The zero-order valence-electron chi connectivity index (χ0n) is 16.7. The molecular weight excluding hydrogens is 366 g/mol. The van der Waals surface area contributed by atoms with E-state index in [-0.39, 0.29) is 24.5 Å². The molecular formula is C23H27N3O3. The molecule has 1 saturated carbocycles. The highest BCUT2D eigenvalue weighted by Crippen LogP contribution is 2.48. The van der Waals surface area contributed by atoms with Crippen LogP contribution >= 0.6 is 0 Å². The number of carboxylic acids is 1. The molecule has 2 amide bonds. The number of rotatable bonds is 5. The fourth-order valence-corrected chi connectivity index (χ4v) is 4.81. The first-order valence-corrected chi connectivity index (χ1v) is 10.2. The van der Waals surface area contributed by atoms with Crippen LogP contribution in [0.1, 0.15) is 42.1 Å². The Kier molecular flexibility index (Phi) is 5.26. The number of urea groups is 1. The number of benzene rings is 1. The fraction of sp³-hybridized carbons (Fsp3) is 0.435. The highest BCUT2D eigenvalue weighted by molar-refractivity contribution is 5.80. The molecule has 2 fully saturated rings. The Morgan fingerprint density at radius 2 is 2.07 bits per heavy atom. The summed E-state index contributed by atoms with van der Waals surface area (Å²) in [5, 5.41) is 12.9. The van der Waals surface area contributed by atoms with Gasteiger partial charge in [-0.2, -0.15) is 0 Å². The van der Waals surface area contributed by atoms with Crippen molar-refractivity contribution in [1.29, 1.82) is 0 Å². The van der Waals surface area contributed by atoms with Crippen molar-refractivity contribution < 1.29 is 14.7 Å². The molecule has 1 aliphatic heterocycles. The van der Waals surface area contributed by atoms with Gasteiger partial charge in [0.15, 0.2) is 0 Å². The Morgan fingerprint density at radius 3 is 2.72 bits per heavy atom. The average molecular weight is 393 g/mol. The molecule has 1 aromatic heterocycles. The number of carbonyl (C=O) groups excluding carboxylic acids is 1. The number of carboxylic acid groups (broad SMARTS) is 1. The van der Waals surface area contributed by atoms with Crippen molar-refractivity contribution in [3.05, 3.63) is 65.5 Å². The normalized spacial score (nSPS) is 24.2. The van der Waals surface area contributed by atoms with Crippen LogP contribution in [0.2, 0.25) is 0 Å². The summed E-state index contributed by atoms with van der Waals surface area (Å²) in [6.07, 6.45) is 4.82. The number of pyridine rings is 1. The molecule has 6 heteroatoms. The molecule has 2 N–H and O–H groups in total. The lowest BCUT2D eigenvalue weighted by Crippen LogP contribution is -2.43. The fourth-order valence-electron chi connectivity index (χ4n) is 4.81. The summed E-state index contributed by atoms with van der Waals surface area (Å²) in [7, 11) is 0. The van der Waals surface area contributed by atoms with Crippen molar-refractivity contribution in [2.45, 2.75) is 38.6 Å². The second kappa shape index (κ2) is 7.85. The van der Waals surface area contributed by atoms with Crippen LogP contribution in [0.4, 0.5) is 4.79 Å². The van der Waals surface area contributed by atoms with Gasteiger partial charge >= 0.3 is 12.0 Å². The van der Waals surface area contributed by atoms with Gasteiger partial charge in [0.25, 0.3) is 0 Å². The topological polar surface area (TPSA) is 82.5 Å². The van der Waals surface area contributed by atoms with Crippen LogP contribution in [-0.2, 0) is 11.2 Å². The minimum absolute atomic E-state index is 0.0520. The lowest BCUT2D eigenvalue weighted by molar-refractivity contribution is -0.149. The van der Waals surface area contributed by atoms with E-state index in [1.165, 1.54) is 5.56 Å². The maximum atomic E-state index is 13.1. The summed E-state index contributed by atoms with van der Waals surface area (Å²) in [6, 6.07) is 13.5. The molecule has 0 bridgehead atoms. The second-order valence-electron chi connectivity index (χ2n) is 8.38. The number of hydrogen-bond donors (Lipinski definition) is 2. The van der Waals surface area contributed by atoms with Crippen molar-refractivity contribution in [3.63, 3.8) is 0 Å². The smallest absolute Gasteiger partial charge is 0.317 e. The van der Waals surface area contributed by atoms with Gasteiger partial charge < -0.3 is 15.3 Å². The van der Waals surface area contributed by atoms with Gasteiger partial charge in [0.05, 0.1) is 17.2 Å². The first-order valence-electron chi connectivity index (χ1n) is 10.2. The molecule has 3 atom stereocenters. The second-order valence-corrected chi connectivity index (χ2v) is 8.38. The summed E-state index contributed by atoms with van der Waals surface area (Å²) in [4.78, 5) is 31.1. The maximum absolute atomic E-state index is 13.1. The SMILES string of the molecule is Cc1ccc(CC(NC(=O)N2C[C@@H]3CCC[C@@]3(C(=O)O)C2)c2ccccn2)cc1. The third-order valence-electron chi connectivity index (χ3n) is 6.49. The van der Waals surface area contributed by atoms with Crippen LogP contribution in [-0.4, -0.2) is 40.1 Å². The molecule has 29 heavy (non-hydrogen) atoms. The zero-order chi connectivity index (χ0) is 20.4. The minimum atomic E-state index is -0.769. The van der Waals surface area contributed by atoms with Gasteiger partial charge in [0, 0.05) is 19.3 Å². The van der Waals surface area contributed by atoms with E-state index in [2.05, 4.69) is 34.6 Å². The van der Waals surface area contributed by atoms with Gasteiger partial charge in [-0.25, -0.2) is 4.79 Å². The highest BCUT2D eigenvalue weighted by atomic mass is 16.4. The van der Waals surface area contributed by atoms with E-state index < -0.39 is 11.4 Å². The number of amides is 2. The molecule has 1 saturated heterocycles. The molecule has 0 spiro atoms. The quantitative estimate of drug-likeness (QED) is 0.814. The number of aryl methyl sites for hydroxylation is 1. The Labute approximate surface area is 171 Å². The monoisotopic (exact) mass is 393 g/mol. The molecule has 2 heterocycles. The number of likely N-dealkylation sites (tertiary alicyclic amines) is 1. The van der Waals surface area contributed by atoms with Gasteiger partial charge in [0.2, 0.25) is 0 Å². The van der Waals surface area contributed by atoms with Gasteiger partial charge in [0.1, 0.15) is 0 Å². The number of nitrogens with zero attached hydrogens (tertiary/aromatic N) is 2. The van der Waals surface area contributed by atoms with Crippen molar-refractivity contribution in [2.75, 3.05) is 13.1 Å². The molecule has 0 radical (unpaired) electrons. The van der Waals surface area contributed by atoms with E-state index >= 15 is 0 Å². The van der Waals surface area contributed by atoms with E-state index in [1.54, 1.807) is 11.1 Å². The van der Waals surface area contributed by atoms with Crippen molar-refractivity contribution in [2.24, 2.45) is 11.3 Å². The number of nitrogens with one attached hydrogen (secondary N) is 1. The molecule has 152 valence electrons. The van der Waals surface area contributed by atoms with E-state index in [4.69, 9.17) is 0 Å². The molecule has 2 aromatic rings. The predicted molar refractivity (Wildman–Crippen MR) is 109 cm³/mol. The van der Waals surface area contributed by atoms with Crippen LogP contribution in [0.3, 0.4) is 0 Å². The number of aromatic nitrogens is 1. The lowest BCUT2D eigenvalue weighted by Gasteiger charge is -2.25. The third kappa shape index (κ3) is 3.84. The van der Waals surface area contributed by atoms with Gasteiger partial charge in [-0.3, -0.25) is 9.78 Å². The first kappa shape index (κ1) is 19.4. The van der Waals surface area contributed by atoms with E-state index in [9.17, 15) is 14.7 Å². The standard InChI is InChI=1S/C23H27N3O3/c1-16-7-9-17(10-8-16)13-20(19-6-2-3-12-24-19)25-22(29)26-14-18-5-4-11-23(18,15-26)21(27)28/h2-3,6-10,12,18,20H,4-5,11,13-15H2,1H3,(H,25,29)(H,27,28)/t18-,20?,23+/m0/s1. The largest absolute Gasteiger partial charge is 0.481 e. The lowest BCUT2D eigenvalue weighted by atomic mass is 9.81. The average Bonchev–Trinajstić information content (AvgIpc) is 3.28. The minimum Gasteiger partial charge on any atom is -0.481 e. The van der Waals surface area contributed by atoms with Crippen LogP contribution in [0.15, 0.2) is 48.7 Å². The number of hydrogen-bond acceptors (Lipinski definition) is 3. The molecule has 6 nitrogen and oxygen atoms in total. The van der Waals surface area contributed by atoms with Crippen molar-refractivity contribution in [1.82, 2.24) is 15.2 Å². The molecule has 2 aliphatic rings. The van der Waals surface area contributed by atoms with Crippen LogP contribution in [0, 0.1) is 18.3 Å². The Bertz CT molecular complexity index is 884. The highest BCUT2D eigenvalue weighted by Gasteiger charge is 2.55. The van der Waals surface area contributed by atoms with E-state index in [1.807, 2.05) is 25.1 Å². The van der Waals surface area contributed by atoms with Crippen LogP contribution in [0.25, 0.3) is 0 Å². The summed E-state index contributed by atoms with van der Waals surface area (Å²) >= 11 is 0. The summed E-state index contributed by atoms with van der Waals surface area (Å²) < 4.78 is 0. The molecule has 1 aliphatic carbocycles. The van der Waals surface area contributed by atoms with Crippen molar-refractivity contribution >= 4 is 12.0 Å². The van der Waals surface area contributed by atoms with Gasteiger partial charge in [-0.1, -0.05) is 42.3 Å². The Balaban J connectivity index is 1.51. The Morgan fingerprint density at radius 1 is 1.28 bits per heavy atom. The Hall–Kier alpha value is -2.89. The molecule has 1 aromatic carbocycles. The summed E-state index contributed by atoms with van der Waals surface area (Å²) in [5.74, 6) is -0.715. The molecule has 1 unspecified atom stereocenters. The zero-order valence-corrected chi connectivity index (χ0v) is 16.7. The summed E-state index contributed by atoms with van der Waals surface area (Å²) in [5.41, 5.74) is 2.34. The maximum Gasteiger partial charge on any atom is 0.317 e. The first-order chi connectivity index (χ1) is 14.0. The summed E-state index contributed by atoms with van der Waals surface area (Å²) in [6.45, 7) is 2.85. The molecule has 4 rings (SSSR count). The number of aliphatic carboxylic acids is 1. The van der Waals surface area contributed by atoms with Gasteiger partial charge in [-0.05, 0) is 49.8 Å². The number of fused-ring (bicyclic) bond motifs is 1. The van der Waals surface area contributed by atoms with E-state index in [0.717, 1.165) is 24.1 Å². The third-order valence-corrected chi connectivity index (χ3v) is 6.49. The van der Waals surface area contributed by atoms with Crippen LogP contribution < -0.4 is 5.32 Å². The van der Waals surface area contributed by atoms with E-state index in [0.29, 0.717) is 19.4 Å². The van der Waals surface area contributed by atoms with Crippen LogP contribution in [0.5, 0.6) is 0 Å². The number of carbonyl (C=O) groups is 2. The predicted octanol–water partition coefficient (Wildman–Crippen LogP) is 3.57. The van der Waals surface area contributed by atoms with Gasteiger partial charge in [-0.15, -0.1) is 0 Å².